The summed E-state index contributed by atoms with van der Waals surface area (Å²) in [6.07, 6.45) is 2.98. The summed E-state index contributed by atoms with van der Waals surface area (Å²) in [6, 6.07) is -0.356. The zero-order valence-electron chi connectivity index (χ0n) is 11.8. The first-order valence-electron chi connectivity index (χ1n) is 7.08. The molecule has 0 spiro atoms. The molecule has 0 aromatic rings. The van der Waals surface area contributed by atoms with E-state index in [2.05, 4.69) is 19.2 Å². The predicted octanol–water partition coefficient (Wildman–Crippen LogP) is 1.55. The molecule has 0 aromatic heterocycles. The number of amides is 2. The molecule has 1 heterocycles. The van der Waals surface area contributed by atoms with Gasteiger partial charge in [-0.3, -0.25) is 9.59 Å². The lowest BCUT2D eigenvalue weighted by atomic mass is 9.79. The maximum Gasteiger partial charge on any atom is 0.246 e. The molecular weight excluding hydrogens is 228 g/mol. The van der Waals surface area contributed by atoms with Crippen molar-refractivity contribution in [1.29, 1.82) is 0 Å². The molecule has 1 saturated carbocycles. The van der Waals surface area contributed by atoms with Crippen molar-refractivity contribution in [3.05, 3.63) is 0 Å². The molecule has 0 aromatic carbocycles. The first-order valence-corrected chi connectivity index (χ1v) is 7.08. The highest BCUT2D eigenvalue weighted by Crippen LogP contribution is 2.34. The summed E-state index contributed by atoms with van der Waals surface area (Å²) in [6.45, 7) is 8.11. The predicted molar refractivity (Wildman–Crippen MR) is 69.9 cm³/mol. The van der Waals surface area contributed by atoms with E-state index < -0.39 is 0 Å². The first kappa shape index (κ1) is 13.4. The lowest BCUT2D eigenvalue weighted by molar-refractivity contribution is -0.156. The Kier molecular flexibility index (Phi) is 3.64. The van der Waals surface area contributed by atoms with Crippen LogP contribution in [-0.2, 0) is 9.59 Å². The van der Waals surface area contributed by atoms with E-state index in [9.17, 15) is 9.59 Å². The van der Waals surface area contributed by atoms with Gasteiger partial charge in [-0.25, -0.2) is 0 Å². The molecular formula is C14H24N2O2. The van der Waals surface area contributed by atoms with Crippen LogP contribution in [0.1, 0.15) is 47.0 Å². The summed E-state index contributed by atoms with van der Waals surface area (Å²) >= 11 is 0. The smallest absolute Gasteiger partial charge is 0.246 e. The van der Waals surface area contributed by atoms with Gasteiger partial charge in [-0.2, -0.15) is 0 Å². The van der Waals surface area contributed by atoms with Gasteiger partial charge in [0, 0.05) is 6.04 Å². The zero-order chi connectivity index (χ0) is 13.4. The van der Waals surface area contributed by atoms with Crippen LogP contribution in [0.5, 0.6) is 0 Å². The van der Waals surface area contributed by atoms with Gasteiger partial charge in [0.25, 0.3) is 0 Å². The number of carbonyl (C=O) groups is 2. The van der Waals surface area contributed by atoms with E-state index in [1.807, 2.05) is 18.7 Å². The molecule has 2 rings (SSSR count). The fourth-order valence-electron chi connectivity index (χ4n) is 3.02. The number of piperazine rings is 1. The molecule has 3 unspecified atom stereocenters. The van der Waals surface area contributed by atoms with E-state index in [1.54, 1.807) is 0 Å². The molecule has 1 saturated heterocycles. The molecule has 1 N–H and O–H groups in total. The Morgan fingerprint density at radius 3 is 2.44 bits per heavy atom. The molecule has 2 aliphatic rings. The Labute approximate surface area is 109 Å². The molecule has 102 valence electrons. The van der Waals surface area contributed by atoms with Crippen LogP contribution in [0.2, 0.25) is 0 Å². The number of nitrogens with one attached hydrogen (secondary N) is 1. The number of hydrogen-bond acceptors (Lipinski definition) is 2. The summed E-state index contributed by atoms with van der Waals surface area (Å²) in [4.78, 5) is 26.4. The average Bonchev–Trinajstić information content (AvgIpc) is 2.30. The third-order valence-corrected chi connectivity index (χ3v) is 4.57. The van der Waals surface area contributed by atoms with Crippen molar-refractivity contribution in [2.24, 2.45) is 11.8 Å². The minimum absolute atomic E-state index is 0.000506. The van der Waals surface area contributed by atoms with E-state index in [4.69, 9.17) is 0 Å². The Balaban J connectivity index is 2.15. The van der Waals surface area contributed by atoms with Gasteiger partial charge in [0.1, 0.15) is 12.1 Å². The second-order valence-electron chi connectivity index (χ2n) is 6.02. The second kappa shape index (κ2) is 4.90. The largest absolute Gasteiger partial charge is 0.342 e. The van der Waals surface area contributed by atoms with E-state index in [0.29, 0.717) is 5.92 Å². The maximum absolute atomic E-state index is 12.5. The third kappa shape index (κ3) is 2.13. The lowest BCUT2D eigenvalue weighted by Gasteiger charge is -2.48. The fraction of sp³-hybridized carbons (Fsp3) is 0.857. The Morgan fingerprint density at radius 2 is 1.94 bits per heavy atom. The van der Waals surface area contributed by atoms with Crippen molar-refractivity contribution in [1.82, 2.24) is 10.2 Å². The molecule has 3 atom stereocenters. The fourth-order valence-corrected chi connectivity index (χ4v) is 3.02. The van der Waals surface area contributed by atoms with Crippen molar-refractivity contribution in [2.75, 3.05) is 0 Å². The van der Waals surface area contributed by atoms with Crippen LogP contribution in [-0.4, -0.2) is 34.8 Å². The average molecular weight is 252 g/mol. The summed E-state index contributed by atoms with van der Waals surface area (Å²) in [7, 11) is 0. The van der Waals surface area contributed by atoms with Crippen molar-refractivity contribution in [3.63, 3.8) is 0 Å². The van der Waals surface area contributed by atoms with Gasteiger partial charge in [-0.1, -0.05) is 27.2 Å². The Bertz CT molecular complexity index is 350. The van der Waals surface area contributed by atoms with Gasteiger partial charge in [-0.05, 0) is 31.6 Å². The first-order chi connectivity index (χ1) is 8.45. The number of rotatable bonds is 3. The van der Waals surface area contributed by atoms with Crippen LogP contribution in [0.25, 0.3) is 0 Å². The molecule has 1 aliphatic heterocycles. The molecule has 18 heavy (non-hydrogen) atoms. The number of carbonyl (C=O) groups excluding carboxylic acids is 2. The van der Waals surface area contributed by atoms with Crippen LogP contribution in [0.15, 0.2) is 0 Å². The van der Waals surface area contributed by atoms with E-state index in [1.165, 1.54) is 0 Å². The lowest BCUT2D eigenvalue weighted by Crippen LogP contribution is -2.67. The molecule has 2 fully saturated rings. The van der Waals surface area contributed by atoms with Gasteiger partial charge >= 0.3 is 0 Å². The number of nitrogens with zero attached hydrogens (tertiary/aromatic N) is 1. The Hall–Kier alpha value is -1.06. The Morgan fingerprint density at radius 1 is 1.33 bits per heavy atom. The summed E-state index contributed by atoms with van der Waals surface area (Å²) in [5, 5.41) is 2.88. The molecule has 0 radical (unpaired) electrons. The van der Waals surface area contributed by atoms with Gasteiger partial charge in [0.2, 0.25) is 11.8 Å². The molecule has 4 nitrogen and oxygen atoms in total. The normalized spacial score (nSPS) is 38.1. The van der Waals surface area contributed by atoms with Crippen LogP contribution in [0.4, 0.5) is 0 Å². The highest BCUT2D eigenvalue weighted by Gasteiger charge is 2.45. The van der Waals surface area contributed by atoms with Crippen molar-refractivity contribution in [3.8, 4) is 0 Å². The topological polar surface area (TPSA) is 49.4 Å². The minimum Gasteiger partial charge on any atom is -0.342 e. The third-order valence-electron chi connectivity index (χ3n) is 4.57. The summed E-state index contributed by atoms with van der Waals surface area (Å²) in [5.41, 5.74) is 0. The highest BCUT2D eigenvalue weighted by molar-refractivity contribution is 5.97. The van der Waals surface area contributed by atoms with Crippen molar-refractivity contribution in [2.45, 2.75) is 65.1 Å². The highest BCUT2D eigenvalue weighted by atomic mass is 16.2. The van der Waals surface area contributed by atoms with Gasteiger partial charge < -0.3 is 10.2 Å². The minimum atomic E-state index is -0.324. The van der Waals surface area contributed by atoms with Gasteiger partial charge in [0.15, 0.2) is 0 Å². The zero-order valence-corrected chi connectivity index (χ0v) is 11.8. The monoisotopic (exact) mass is 252 g/mol. The SMILES string of the molecule is CCC(C)C1NC(=O)C(C)N(C2CC(C)C2)C1=O. The van der Waals surface area contributed by atoms with Crippen molar-refractivity contribution >= 4 is 11.8 Å². The van der Waals surface area contributed by atoms with Crippen LogP contribution in [0.3, 0.4) is 0 Å². The number of hydrogen-bond donors (Lipinski definition) is 1. The van der Waals surface area contributed by atoms with E-state index in [-0.39, 0.29) is 35.9 Å². The second-order valence-corrected chi connectivity index (χ2v) is 6.02. The standard InChI is InChI=1S/C14H24N2O2/c1-5-9(3)12-14(18)16(10(4)13(17)15-12)11-6-8(2)7-11/h8-12H,5-7H2,1-4H3,(H,15,17). The van der Waals surface area contributed by atoms with Gasteiger partial charge in [-0.15, -0.1) is 0 Å². The van der Waals surface area contributed by atoms with Gasteiger partial charge in [0.05, 0.1) is 0 Å². The van der Waals surface area contributed by atoms with Crippen LogP contribution >= 0.6 is 0 Å². The van der Waals surface area contributed by atoms with Crippen molar-refractivity contribution < 1.29 is 9.59 Å². The quantitative estimate of drug-likeness (QED) is 0.828. The molecule has 1 aliphatic carbocycles. The molecule has 4 heteroatoms. The maximum atomic E-state index is 12.5. The summed E-state index contributed by atoms with van der Waals surface area (Å²) in [5.74, 6) is 1.00. The van der Waals surface area contributed by atoms with Crippen LogP contribution in [0, 0.1) is 11.8 Å². The summed E-state index contributed by atoms with van der Waals surface area (Å²) < 4.78 is 0. The molecule has 0 bridgehead atoms. The van der Waals surface area contributed by atoms with E-state index >= 15 is 0 Å². The van der Waals surface area contributed by atoms with Crippen LogP contribution < -0.4 is 5.32 Å². The van der Waals surface area contributed by atoms with E-state index in [0.717, 1.165) is 19.3 Å². The molecule has 2 amide bonds.